The van der Waals surface area contributed by atoms with Crippen molar-refractivity contribution in [1.29, 1.82) is 0 Å². The zero-order chi connectivity index (χ0) is 39.3. The molecule has 18 nitrogen and oxygen atoms in total. The molecule has 294 valence electrons. The number of hydrogen-bond acceptors (Lipinski definition) is 15. The Morgan fingerprint density at radius 2 is 1.19 bits per heavy atom. The van der Waals surface area contributed by atoms with Crippen LogP contribution in [0.3, 0.4) is 0 Å². The van der Waals surface area contributed by atoms with E-state index >= 15 is 0 Å². The van der Waals surface area contributed by atoms with Crippen LogP contribution in [0.5, 0.6) is 0 Å². The van der Waals surface area contributed by atoms with Crippen molar-refractivity contribution in [2.24, 2.45) is 5.73 Å². The molecule has 3 aliphatic heterocycles. The van der Waals surface area contributed by atoms with Gasteiger partial charge in [0.15, 0.2) is 22.0 Å². The summed E-state index contributed by atoms with van der Waals surface area (Å²) in [6.45, 7) is 3.57. The number of ether oxygens (including phenoxy) is 4. The van der Waals surface area contributed by atoms with Gasteiger partial charge >= 0.3 is 0 Å². The van der Waals surface area contributed by atoms with Crippen LogP contribution >= 0.6 is 24.4 Å². The van der Waals surface area contributed by atoms with Crippen LogP contribution < -0.4 is 16.9 Å². The van der Waals surface area contributed by atoms with Gasteiger partial charge in [0.1, 0.15) is 36.6 Å². The number of nitrogens with one attached hydrogen (secondary N) is 2. The molecule has 5 heterocycles. The Balaban J connectivity index is 0.000000223. The first kappa shape index (κ1) is 41.4. The second kappa shape index (κ2) is 18.2. The van der Waals surface area contributed by atoms with Gasteiger partial charge in [-0.15, -0.1) is 0 Å². The molecule has 20 heteroatoms. The van der Waals surface area contributed by atoms with Gasteiger partial charge in [-0.2, -0.15) is 0 Å². The summed E-state index contributed by atoms with van der Waals surface area (Å²) in [7, 11) is 0. The maximum Gasteiger partial charge on any atom is 0.261 e. The van der Waals surface area contributed by atoms with Crippen LogP contribution in [0, 0.1) is 23.4 Å². The number of amides is 2. The average Bonchev–Trinajstić information content (AvgIpc) is 3.73. The van der Waals surface area contributed by atoms with E-state index in [-0.39, 0.29) is 52.2 Å². The number of nitrogens with two attached hydrogens (primary N) is 1. The Hall–Kier alpha value is -3.80. The number of benzene rings is 1. The molecule has 2 saturated heterocycles. The van der Waals surface area contributed by atoms with E-state index in [1.807, 2.05) is 0 Å². The highest BCUT2D eigenvalue weighted by Gasteiger charge is 2.46. The standard InChI is InChI=1S/C21H23N3O7S.C13H21N3O5S/c1-11-9-24(21(32)22-17(11)27)20-16(15(26)14(10-25)31-20)30-8-4-7-23-18(28)12-5-2-3-6-13(12)19(23)29;1-7-5-16(13(22)15-11(7)19)12-10(20-4-2-3-14)9(18)8(6-17)21-12/h2-3,5-6,9,14-16,20,25-26H,4,7-8,10H2,1H3,(H,22,27,32);5,8-10,12,17-18H,2-4,6,14H2,1H3,(H,15,19,22)/t14-,15-,16-,20-;8-,9-,10-,12-/m11/s1. The monoisotopic (exact) mass is 792 g/mol. The topological polar surface area (TPSA) is 257 Å². The normalized spacial score (nSPS) is 26.2. The van der Waals surface area contributed by atoms with Gasteiger partial charge in [0.05, 0.1) is 24.3 Å². The van der Waals surface area contributed by atoms with E-state index in [9.17, 15) is 39.6 Å². The van der Waals surface area contributed by atoms with E-state index in [2.05, 4.69) is 9.97 Å². The largest absolute Gasteiger partial charge is 0.394 e. The Kier molecular flexibility index (Phi) is 14.0. The highest BCUT2D eigenvalue weighted by Crippen LogP contribution is 2.33. The molecule has 8 atom stereocenters. The van der Waals surface area contributed by atoms with Crippen LogP contribution in [0.25, 0.3) is 0 Å². The Morgan fingerprint density at radius 1 is 0.759 bits per heavy atom. The number of hydrogen-bond donors (Lipinski definition) is 7. The van der Waals surface area contributed by atoms with Crippen molar-refractivity contribution in [3.05, 3.63) is 89.2 Å². The zero-order valence-electron chi connectivity index (χ0n) is 29.5. The van der Waals surface area contributed by atoms with Crippen molar-refractivity contribution < 1.29 is 49.0 Å². The lowest BCUT2D eigenvalue weighted by Crippen LogP contribution is -2.37. The molecule has 2 aromatic heterocycles. The van der Waals surface area contributed by atoms with Gasteiger partial charge in [0, 0.05) is 43.3 Å². The molecule has 0 saturated carbocycles. The number of H-pyrrole nitrogens is 2. The summed E-state index contributed by atoms with van der Waals surface area (Å²) in [6, 6.07) is 6.65. The van der Waals surface area contributed by atoms with Crippen molar-refractivity contribution in [1.82, 2.24) is 24.0 Å². The van der Waals surface area contributed by atoms with Crippen LogP contribution in [0.2, 0.25) is 0 Å². The lowest BCUT2D eigenvalue weighted by Gasteiger charge is -2.23. The molecular weight excluding hydrogens is 749 g/mol. The van der Waals surface area contributed by atoms with Crippen LogP contribution in [-0.4, -0.2) is 132 Å². The number of nitrogens with zero attached hydrogens (tertiary/aromatic N) is 3. The van der Waals surface area contributed by atoms with Gasteiger partial charge in [0.25, 0.3) is 22.9 Å². The van der Waals surface area contributed by atoms with Crippen LogP contribution in [0.4, 0.5) is 0 Å². The number of aliphatic hydroxyl groups excluding tert-OH is 4. The molecule has 1 aromatic carbocycles. The van der Waals surface area contributed by atoms with E-state index in [1.165, 1.54) is 20.2 Å². The molecule has 6 rings (SSSR count). The molecule has 0 bridgehead atoms. The number of carbonyl (C=O) groups is 2. The van der Waals surface area contributed by atoms with Gasteiger partial charge in [-0.3, -0.25) is 43.2 Å². The van der Waals surface area contributed by atoms with E-state index in [0.29, 0.717) is 48.2 Å². The summed E-state index contributed by atoms with van der Waals surface area (Å²) in [5, 5.41) is 39.6. The zero-order valence-corrected chi connectivity index (χ0v) is 31.2. The molecule has 0 unspecified atom stereocenters. The van der Waals surface area contributed by atoms with Crippen molar-refractivity contribution in [2.45, 2.75) is 75.8 Å². The summed E-state index contributed by atoms with van der Waals surface area (Å²) in [4.78, 5) is 54.5. The smallest absolute Gasteiger partial charge is 0.261 e. The summed E-state index contributed by atoms with van der Waals surface area (Å²) in [6.07, 6.45) is -2.97. The van der Waals surface area contributed by atoms with Gasteiger partial charge in [-0.1, -0.05) is 12.1 Å². The van der Waals surface area contributed by atoms with Crippen molar-refractivity contribution in [3.8, 4) is 0 Å². The van der Waals surface area contributed by atoms with Crippen LogP contribution in [0.1, 0.15) is 57.1 Å². The van der Waals surface area contributed by atoms with Gasteiger partial charge in [0.2, 0.25) is 0 Å². The van der Waals surface area contributed by atoms with E-state index < -0.39 is 55.7 Å². The summed E-state index contributed by atoms with van der Waals surface area (Å²) >= 11 is 10.4. The van der Waals surface area contributed by atoms with Gasteiger partial charge < -0.3 is 45.1 Å². The molecule has 3 aliphatic rings. The highest BCUT2D eigenvalue weighted by molar-refractivity contribution is 7.71. The molecule has 3 aromatic rings. The lowest BCUT2D eigenvalue weighted by atomic mass is 10.1. The molecule has 0 radical (unpaired) electrons. The number of carbonyl (C=O) groups excluding carboxylic acids is 2. The molecule has 0 aliphatic carbocycles. The Bertz CT molecular complexity index is 2020. The number of aromatic nitrogens is 4. The highest BCUT2D eigenvalue weighted by atomic mass is 32.1. The van der Waals surface area contributed by atoms with Gasteiger partial charge in [-0.25, -0.2) is 0 Å². The molecule has 2 fully saturated rings. The minimum atomic E-state index is -1.14. The number of aliphatic hydroxyl groups is 4. The molecule has 54 heavy (non-hydrogen) atoms. The third-order valence-corrected chi connectivity index (χ3v) is 9.82. The first-order valence-corrected chi connectivity index (χ1v) is 18.1. The first-order chi connectivity index (χ1) is 25.8. The minimum Gasteiger partial charge on any atom is -0.394 e. The third-order valence-electron chi connectivity index (χ3n) is 9.20. The fourth-order valence-electron chi connectivity index (χ4n) is 6.28. The van der Waals surface area contributed by atoms with E-state index in [0.717, 1.165) is 0 Å². The summed E-state index contributed by atoms with van der Waals surface area (Å²) < 4.78 is 26.1. The number of imide groups is 1. The molecule has 8 N–H and O–H groups in total. The second-order valence-corrected chi connectivity index (χ2v) is 13.7. The average molecular weight is 793 g/mol. The first-order valence-electron chi connectivity index (χ1n) is 17.2. The van der Waals surface area contributed by atoms with Crippen molar-refractivity contribution >= 4 is 36.3 Å². The van der Waals surface area contributed by atoms with Crippen molar-refractivity contribution in [2.75, 3.05) is 39.5 Å². The number of fused-ring (bicyclic) bond motifs is 1. The maximum atomic E-state index is 12.5. The predicted molar refractivity (Wildman–Crippen MR) is 195 cm³/mol. The van der Waals surface area contributed by atoms with E-state index in [1.54, 1.807) is 44.3 Å². The fourth-order valence-corrected chi connectivity index (χ4v) is 6.78. The van der Waals surface area contributed by atoms with Crippen molar-refractivity contribution in [3.63, 3.8) is 0 Å². The van der Waals surface area contributed by atoms with E-state index in [4.69, 9.17) is 49.1 Å². The van der Waals surface area contributed by atoms with Crippen LogP contribution in [-0.2, 0) is 18.9 Å². The maximum absolute atomic E-state index is 12.5. The molecule has 0 spiro atoms. The summed E-state index contributed by atoms with van der Waals surface area (Å²) in [5.41, 5.74) is 6.44. The number of rotatable bonds is 13. The number of aromatic amines is 2. The fraction of sp³-hybridized carbons (Fsp3) is 0.529. The summed E-state index contributed by atoms with van der Waals surface area (Å²) in [5.74, 6) is -0.689. The SMILES string of the molecule is Cc1cn([C@@H]2O[C@H](CO)[C@@H](O)[C@H]2OCCCN)c(=S)[nH]c1=O.Cc1cn([C@@H]2O[C@H](CO)[C@@H](O)[C@H]2OCCCN2C(=O)c3ccccc3C2=O)c(=S)[nH]c1=O. The number of aryl methyl sites for hydroxylation is 2. The molecular formula is C34H44N6O12S2. The second-order valence-electron chi connectivity index (χ2n) is 12.9. The van der Waals surface area contributed by atoms with Crippen LogP contribution in [0.15, 0.2) is 46.2 Å². The lowest BCUT2D eigenvalue weighted by molar-refractivity contribution is -0.0743. The minimum absolute atomic E-state index is 0.0935. The molecule has 2 amide bonds. The van der Waals surface area contributed by atoms with Gasteiger partial charge in [-0.05, 0) is 69.8 Å². The predicted octanol–water partition coefficient (Wildman–Crippen LogP) is -0.265. The Labute approximate surface area is 318 Å². The Morgan fingerprint density at radius 3 is 1.59 bits per heavy atom. The third kappa shape index (κ3) is 8.68. The quantitative estimate of drug-likeness (QED) is 0.0669.